The van der Waals surface area contributed by atoms with E-state index >= 15 is 0 Å². The predicted molar refractivity (Wildman–Crippen MR) is 90.3 cm³/mol. The summed E-state index contributed by atoms with van der Waals surface area (Å²) < 4.78 is 5.92. The SMILES string of the molecule is CC(C)=CCCC(C)CCOc1cc(C)c(O)c(C)c1C. The number of aryl methyl sites for hydroxylation is 1. The average molecular weight is 290 g/mol. The van der Waals surface area contributed by atoms with E-state index in [0.29, 0.717) is 11.7 Å². The van der Waals surface area contributed by atoms with E-state index in [9.17, 15) is 5.11 Å². The summed E-state index contributed by atoms with van der Waals surface area (Å²) in [4.78, 5) is 0. The number of benzene rings is 1. The number of ether oxygens (including phenoxy) is 1. The zero-order valence-electron chi connectivity index (χ0n) is 14.4. The van der Waals surface area contributed by atoms with Gasteiger partial charge in [0.2, 0.25) is 0 Å². The fourth-order valence-electron chi connectivity index (χ4n) is 2.35. The summed E-state index contributed by atoms with van der Waals surface area (Å²) in [5, 5.41) is 9.91. The summed E-state index contributed by atoms with van der Waals surface area (Å²) in [5.74, 6) is 1.95. The first-order chi connectivity index (χ1) is 9.82. The molecule has 0 amide bonds. The van der Waals surface area contributed by atoms with Crippen molar-refractivity contribution in [2.24, 2.45) is 5.92 Å². The lowest BCUT2D eigenvalue weighted by atomic mass is 10.0. The van der Waals surface area contributed by atoms with E-state index in [1.54, 1.807) is 0 Å². The highest BCUT2D eigenvalue weighted by Gasteiger charge is 2.10. The van der Waals surface area contributed by atoms with Crippen LogP contribution in [0.2, 0.25) is 0 Å². The second-order valence-corrected chi connectivity index (χ2v) is 6.39. The molecule has 0 saturated carbocycles. The molecule has 0 aliphatic rings. The van der Waals surface area contributed by atoms with Gasteiger partial charge in [-0.1, -0.05) is 18.6 Å². The number of rotatable bonds is 7. The molecule has 1 atom stereocenters. The molecule has 2 nitrogen and oxygen atoms in total. The quantitative estimate of drug-likeness (QED) is 0.675. The summed E-state index contributed by atoms with van der Waals surface area (Å²) in [7, 11) is 0. The zero-order valence-corrected chi connectivity index (χ0v) is 14.4. The molecular formula is C19H30O2. The van der Waals surface area contributed by atoms with Crippen molar-refractivity contribution < 1.29 is 9.84 Å². The highest BCUT2D eigenvalue weighted by atomic mass is 16.5. The molecule has 1 aromatic carbocycles. The second kappa shape index (κ2) is 8.11. The van der Waals surface area contributed by atoms with E-state index in [0.717, 1.165) is 41.9 Å². The first-order valence-electron chi connectivity index (χ1n) is 7.88. The van der Waals surface area contributed by atoms with E-state index in [2.05, 4.69) is 26.8 Å². The summed E-state index contributed by atoms with van der Waals surface area (Å²) >= 11 is 0. The molecule has 1 unspecified atom stereocenters. The third-order valence-electron chi connectivity index (χ3n) is 4.09. The molecule has 118 valence electrons. The Morgan fingerprint density at radius 2 is 1.86 bits per heavy atom. The molecule has 0 spiro atoms. The maximum atomic E-state index is 9.91. The third-order valence-corrected chi connectivity index (χ3v) is 4.09. The lowest BCUT2D eigenvalue weighted by Crippen LogP contribution is -2.05. The fourth-order valence-corrected chi connectivity index (χ4v) is 2.35. The van der Waals surface area contributed by atoms with Crippen LogP contribution in [0, 0.1) is 26.7 Å². The standard InChI is InChI=1S/C19H30O2/c1-13(2)8-7-9-14(3)10-11-21-18-12-15(4)19(20)17(6)16(18)5/h8,12,14,20H,7,9-11H2,1-6H3. The predicted octanol–water partition coefficient (Wildman–Crippen LogP) is 5.47. The Bertz CT molecular complexity index is 497. The number of aromatic hydroxyl groups is 1. The van der Waals surface area contributed by atoms with Gasteiger partial charge in [0.25, 0.3) is 0 Å². The molecule has 2 heteroatoms. The third kappa shape index (κ3) is 5.45. The van der Waals surface area contributed by atoms with Crippen LogP contribution in [0.25, 0.3) is 0 Å². The van der Waals surface area contributed by atoms with Gasteiger partial charge in [0.15, 0.2) is 0 Å². The highest BCUT2D eigenvalue weighted by molar-refractivity contribution is 5.51. The topological polar surface area (TPSA) is 29.5 Å². The molecule has 0 aliphatic carbocycles. The Kier molecular flexibility index (Phi) is 6.80. The van der Waals surface area contributed by atoms with E-state index < -0.39 is 0 Å². The molecule has 1 rings (SSSR count). The van der Waals surface area contributed by atoms with Gasteiger partial charge in [-0.25, -0.2) is 0 Å². The molecule has 0 fully saturated rings. The molecule has 1 N–H and O–H groups in total. The first kappa shape index (κ1) is 17.6. The minimum atomic E-state index is 0.384. The minimum Gasteiger partial charge on any atom is -0.507 e. The second-order valence-electron chi connectivity index (χ2n) is 6.39. The molecule has 21 heavy (non-hydrogen) atoms. The smallest absolute Gasteiger partial charge is 0.122 e. The fraction of sp³-hybridized carbons (Fsp3) is 0.579. The Labute approximate surface area is 129 Å². The largest absolute Gasteiger partial charge is 0.507 e. The lowest BCUT2D eigenvalue weighted by Gasteiger charge is -2.16. The van der Waals surface area contributed by atoms with Crippen molar-refractivity contribution in [2.75, 3.05) is 6.61 Å². The van der Waals surface area contributed by atoms with E-state index in [1.165, 1.54) is 12.0 Å². The number of allylic oxidation sites excluding steroid dienone is 2. The average Bonchev–Trinajstić information content (AvgIpc) is 2.41. The Morgan fingerprint density at radius 3 is 2.48 bits per heavy atom. The van der Waals surface area contributed by atoms with Crippen LogP contribution < -0.4 is 4.74 Å². The number of phenols is 1. The highest BCUT2D eigenvalue weighted by Crippen LogP contribution is 2.32. The molecule has 0 saturated heterocycles. The van der Waals surface area contributed by atoms with Crippen LogP contribution in [-0.2, 0) is 0 Å². The molecular weight excluding hydrogens is 260 g/mol. The van der Waals surface area contributed by atoms with Crippen LogP contribution in [0.15, 0.2) is 17.7 Å². The van der Waals surface area contributed by atoms with Crippen LogP contribution in [0.3, 0.4) is 0 Å². The van der Waals surface area contributed by atoms with Crippen molar-refractivity contribution in [3.8, 4) is 11.5 Å². The van der Waals surface area contributed by atoms with Gasteiger partial charge in [-0.2, -0.15) is 0 Å². The molecule has 0 aromatic heterocycles. The minimum absolute atomic E-state index is 0.384. The lowest BCUT2D eigenvalue weighted by molar-refractivity contribution is 0.277. The summed E-state index contributed by atoms with van der Waals surface area (Å²) in [6.45, 7) is 13.2. The molecule has 0 aliphatic heterocycles. The number of hydrogen-bond donors (Lipinski definition) is 1. The van der Waals surface area contributed by atoms with Crippen molar-refractivity contribution in [1.29, 1.82) is 0 Å². The van der Waals surface area contributed by atoms with Crippen LogP contribution >= 0.6 is 0 Å². The number of phenolic OH excluding ortho intramolecular Hbond substituents is 1. The van der Waals surface area contributed by atoms with Gasteiger partial charge in [-0.15, -0.1) is 0 Å². The molecule has 1 aromatic rings. The Morgan fingerprint density at radius 1 is 1.19 bits per heavy atom. The van der Waals surface area contributed by atoms with Crippen molar-refractivity contribution >= 4 is 0 Å². The first-order valence-corrected chi connectivity index (χ1v) is 7.88. The maximum absolute atomic E-state index is 9.91. The maximum Gasteiger partial charge on any atom is 0.122 e. The van der Waals surface area contributed by atoms with Crippen LogP contribution in [0.1, 0.15) is 56.7 Å². The van der Waals surface area contributed by atoms with Crippen molar-refractivity contribution in [1.82, 2.24) is 0 Å². The summed E-state index contributed by atoms with van der Waals surface area (Å²) in [6.07, 6.45) is 5.73. The number of hydrogen-bond acceptors (Lipinski definition) is 2. The van der Waals surface area contributed by atoms with Gasteiger partial charge < -0.3 is 9.84 Å². The van der Waals surface area contributed by atoms with E-state index in [4.69, 9.17) is 4.74 Å². The van der Waals surface area contributed by atoms with Gasteiger partial charge in [0.1, 0.15) is 11.5 Å². The Balaban J connectivity index is 2.48. The van der Waals surface area contributed by atoms with Gasteiger partial charge >= 0.3 is 0 Å². The van der Waals surface area contributed by atoms with Gasteiger partial charge in [0.05, 0.1) is 6.61 Å². The van der Waals surface area contributed by atoms with Crippen LogP contribution in [0.4, 0.5) is 0 Å². The summed E-state index contributed by atoms with van der Waals surface area (Å²) in [5.41, 5.74) is 4.23. The van der Waals surface area contributed by atoms with Crippen molar-refractivity contribution in [3.05, 3.63) is 34.4 Å². The van der Waals surface area contributed by atoms with Gasteiger partial charge in [-0.05, 0) is 82.6 Å². The van der Waals surface area contributed by atoms with Crippen LogP contribution in [-0.4, -0.2) is 11.7 Å². The molecule has 0 radical (unpaired) electrons. The van der Waals surface area contributed by atoms with Gasteiger partial charge in [0, 0.05) is 0 Å². The monoisotopic (exact) mass is 290 g/mol. The van der Waals surface area contributed by atoms with E-state index in [-0.39, 0.29) is 0 Å². The Hall–Kier alpha value is -1.44. The molecule has 0 bridgehead atoms. The van der Waals surface area contributed by atoms with Crippen molar-refractivity contribution in [2.45, 2.75) is 60.8 Å². The van der Waals surface area contributed by atoms with Gasteiger partial charge in [-0.3, -0.25) is 0 Å². The van der Waals surface area contributed by atoms with Crippen LogP contribution in [0.5, 0.6) is 11.5 Å². The van der Waals surface area contributed by atoms with Crippen molar-refractivity contribution in [3.63, 3.8) is 0 Å². The normalized spacial score (nSPS) is 12.1. The zero-order chi connectivity index (χ0) is 16.0. The molecule has 0 heterocycles. The summed E-state index contributed by atoms with van der Waals surface area (Å²) in [6, 6.07) is 1.94. The van der Waals surface area contributed by atoms with E-state index in [1.807, 2.05) is 26.8 Å².